The molecule has 0 amide bonds. The molecule has 0 rings (SSSR count). The zero-order valence-corrected chi connectivity index (χ0v) is 7.45. The number of rotatable bonds is 0. The van der Waals surface area contributed by atoms with E-state index in [-0.39, 0.29) is 0 Å². The number of hydrogen-bond acceptors (Lipinski definition) is 2. The van der Waals surface area contributed by atoms with E-state index in [0.29, 0.717) is 4.23 Å². The fourth-order valence-corrected chi connectivity index (χ4v) is 0. The Labute approximate surface area is 54.5 Å². The van der Waals surface area contributed by atoms with Gasteiger partial charge < -0.3 is 0 Å². The van der Waals surface area contributed by atoms with E-state index in [9.17, 15) is 0 Å². The minimum atomic E-state index is -0.971. The van der Waals surface area contributed by atoms with Gasteiger partial charge >= 0.3 is 54.8 Å². The molecule has 2 nitrogen and oxygen atoms in total. The third kappa shape index (κ3) is 3.60. The van der Waals surface area contributed by atoms with Crippen molar-refractivity contribution in [3.8, 4) is 0 Å². The van der Waals surface area contributed by atoms with E-state index >= 15 is 0 Å². The van der Waals surface area contributed by atoms with Gasteiger partial charge in [-0.15, -0.1) is 0 Å². The molecular weight excluding hydrogens is 306 g/mol. The van der Waals surface area contributed by atoms with Crippen molar-refractivity contribution in [1.82, 2.24) is 0 Å². The molecule has 0 spiro atoms. The molecule has 0 aliphatic rings. The van der Waals surface area contributed by atoms with Crippen LogP contribution in [0.1, 0.15) is 0 Å². The Hall–Kier alpha value is 1.41. The van der Waals surface area contributed by atoms with Gasteiger partial charge in [-0.25, -0.2) is 0 Å². The van der Waals surface area contributed by atoms with Crippen LogP contribution in [0.5, 0.6) is 0 Å². The number of halogens is 2. The van der Waals surface area contributed by atoms with Crippen molar-refractivity contribution in [3.63, 3.8) is 0 Å². The third-order valence-electron chi connectivity index (χ3n) is 0.138. The Morgan fingerprint density at radius 1 is 1.33 bits per heavy atom. The van der Waals surface area contributed by atoms with Gasteiger partial charge in [-0.1, -0.05) is 0 Å². The Morgan fingerprint density at radius 3 is 1.50 bits per heavy atom. The average molecular weight is 310 g/mol. The van der Waals surface area contributed by atoms with Crippen LogP contribution in [0.3, 0.4) is 0 Å². The summed E-state index contributed by atoms with van der Waals surface area (Å²) >= 11 is 5.40. The van der Waals surface area contributed by atoms with Crippen LogP contribution < -0.4 is 11.5 Å². The Balaban J connectivity index is 3.68. The van der Waals surface area contributed by atoms with Gasteiger partial charge in [0.1, 0.15) is 0 Å². The predicted octanol–water partition coefficient (Wildman–Crippen LogP) is 0.229. The Bertz CT molecular complexity index is 61.6. The molecule has 0 bridgehead atoms. The SMILES string of the molecule is N[C](N)=[Pd]([Br])[Br]. The van der Waals surface area contributed by atoms with Crippen molar-refractivity contribution in [2.24, 2.45) is 11.5 Å². The molecule has 6 heavy (non-hydrogen) atoms. The van der Waals surface area contributed by atoms with Gasteiger partial charge in [0.2, 0.25) is 0 Å². The normalized spacial score (nSPS) is 11.0. The van der Waals surface area contributed by atoms with Crippen LogP contribution in [0.25, 0.3) is 0 Å². The van der Waals surface area contributed by atoms with Crippen LogP contribution in [0.2, 0.25) is 0 Å². The third-order valence-corrected chi connectivity index (χ3v) is 4.24. The summed E-state index contributed by atoms with van der Waals surface area (Å²) in [6.45, 7) is 0. The van der Waals surface area contributed by atoms with Gasteiger partial charge in [0.15, 0.2) is 0 Å². The Morgan fingerprint density at radius 2 is 1.50 bits per heavy atom. The van der Waals surface area contributed by atoms with Gasteiger partial charge in [0.05, 0.1) is 0 Å². The monoisotopic (exact) mass is 308 g/mol. The molecule has 0 aliphatic heterocycles. The molecule has 0 fully saturated rings. The van der Waals surface area contributed by atoms with E-state index in [1.807, 2.05) is 0 Å². The van der Waals surface area contributed by atoms with E-state index in [1.165, 1.54) is 0 Å². The first-order chi connectivity index (χ1) is 2.64. The summed E-state index contributed by atoms with van der Waals surface area (Å²) in [6.07, 6.45) is 0. The van der Waals surface area contributed by atoms with E-state index in [4.69, 9.17) is 11.5 Å². The summed E-state index contributed by atoms with van der Waals surface area (Å²) in [7, 11) is 0. The first-order valence-electron chi connectivity index (χ1n) is 0.975. The summed E-state index contributed by atoms with van der Waals surface area (Å²) in [5.41, 5.74) is 10.2. The van der Waals surface area contributed by atoms with Crippen LogP contribution in [-0.4, -0.2) is 4.23 Å². The van der Waals surface area contributed by atoms with E-state index < -0.39 is 12.3 Å². The van der Waals surface area contributed by atoms with E-state index in [2.05, 4.69) is 26.9 Å². The molecule has 42 valence electrons. The second-order valence-electron chi connectivity index (χ2n) is 0.514. The van der Waals surface area contributed by atoms with Crippen molar-refractivity contribution < 1.29 is 12.3 Å². The fourth-order valence-electron chi connectivity index (χ4n) is 0. The molecule has 0 atom stereocenters. The van der Waals surface area contributed by atoms with Gasteiger partial charge in [-0.3, -0.25) is 0 Å². The number of hydrogen-bond donors (Lipinski definition) is 2. The fraction of sp³-hybridized carbons (Fsp3) is 0. The van der Waals surface area contributed by atoms with E-state index in [0.717, 1.165) is 0 Å². The topological polar surface area (TPSA) is 52.0 Å². The molecule has 4 N–H and O–H groups in total. The summed E-state index contributed by atoms with van der Waals surface area (Å²) in [6, 6.07) is 0. The van der Waals surface area contributed by atoms with Crippen LogP contribution in [0.4, 0.5) is 0 Å². The first kappa shape index (κ1) is 7.41. The quantitative estimate of drug-likeness (QED) is 0.629. The maximum atomic E-state index is 5.09. The van der Waals surface area contributed by atoms with Gasteiger partial charge in [0, 0.05) is 0 Å². The van der Waals surface area contributed by atoms with Crippen LogP contribution in [-0.2, 0) is 12.3 Å². The van der Waals surface area contributed by atoms with Crippen LogP contribution >= 0.6 is 26.9 Å². The number of nitrogens with two attached hydrogens (primary N) is 2. The van der Waals surface area contributed by atoms with Crippen molar-refractivity contribution in [2.45, 2.75) is 0 Å². The zero-order valence-electron chi connectivity index (χ0n) is 2.73. The Kier molecular flexibility index (Phi) is 4.22. The molecule has 0 aromatic carbocycles. The van der Waals surface area contributed by atoms with Crippen molar-refractivity contribution in [3.05, 3.63) is 0 Å². The first-order valence-corrected chi connectivity index (χ1v) is 8.86. The second kappa shape index (κ2) is 3.42. The van der Waals surface area contributed by atoms with Gasteiger partial charge in [0.25, 0.3) is 0 Å². The summed E-state index contributed by atoms with van der Waals surface area (Å²) in [4.78, 5) is 0. The summed E-state index contributed by atoms with van der Waals surface area (Å²) < 4.78 is 0.459. The second-order valence-corrected chi connectivity index (χ2v) is 12.1. The molecule has 0 radical (unpaired) electrons. The summed E-state index contributed by atoms with van der Waals surface area (Å²) in [5.74, 6) is 0. The predicted molar refractivity (Wildman–Crippen MR) is 31.2 cm³/mol. The average Bonchev–Trinajstić information content (AvgIpc) is 1.36. The summed E-state index contributed by atoms with van der Waals surface area (Å²) in [5, 5.41) is 0. The van der Waals surface area contributed by atoms with Crippen molar-refractivity contribution >= 4 is 31.1 Å². The standard InChI is InChI=1S/CH4N2.2BrH.Pd/c2-1-3;;;/h2-3H2;2*1H;/q;;;+2/p-2. The molecule has 0 saturated heterocycles. The van der Waals surface area contributed by atoms with Crippen LogP contribution in [0.15, 0.2) is 0 Å². The zero-order chi connectivity index (χ0) is 5.15. The molecular formula is CH4Br2N2Pd. The van der Waals surface area contributed by atoms with Gasteiger partial charge in [-0.05, 0) is 0 Å². The van der Waals surface area contributed by atoms with E-state index in [1.54, 1.807) is 0 Å². The van der Waals surface area contributed by atoms with Crippen LogP contribution in [0, 0.1) is 0 Å². The molecule has 0 unspecified atom stereocenters. The molecule has 0 heterocycles. The molecule has 0 saturated carbocycles. The molecule has 0 aliphatic carbocycles. The molecule has 5 heteroatoms. The minimum absolute atomic E-state index is 0.459. The van der Waals surface area contributed by atoms with Crippen molar-refractivity contribution in [2.75, 3.05) is 0 Å². The molecule has 0 aromatic heterocycles. The van der Waals surface area contributed by atoms with Gasteiger partial charge in [-0.2, -0.15) is 0 Å². The molecule has 0 aromatic rings. The van der Waals surface area contributed by atoms with Crippen molar-refractivity contribution in [1.29, 1.82) is 0 Å². The maximum absolute atomic E-state index is 5.09.